The number of imidazole rings is 1. The van der Waals surface area contributed by atoms with E-state index in [2.05, 4.69) is 17.2 Å². The molecule has 1 N–H and O–H groups in total. The number of carbonyl (C=O) groups excluding carboxylic acids is 1. The lowest BCUT2D eigenvalue weighted by atomic mass is 10.2. The summed E-state index contributed by atoms with van der Waals surface area (Å²) in [7, 11) is -2.96. The van der Waals surface area contributed by atoms with Gasteiger partial charge in [-0.05, 0) is 37.1 Å². The van der Waals surface area contributed by atoms with E-state index in [1.807, 2.05) is 47.0 Å². The number of fused-ring (bicyclic) bond motifs is 1. The zero-order valence-corrected chi connectivity index (χ0v) is 17.8. The number of hydrogen-bond donors (Lipinski definition) is 1. The number of amides is 1. The molecule has 0 saturated carbocycles. The van der Waals surface area contributed by atoms with Crippen LogP contribution in [0.4, 0.5) is 5.95 Å². The number of aromatic nitrogens is 2. The number of benzene rings is 2. The van der Waals surface area contributed by atoms with Gasteiger partial charge in [-0.3, -0.25) is 10.1 Å². The molecule has 0 radical (unpaired) electrons. The minimum absolute atomic E-state index is 0.0152. The van der Waals surface area contributed by atoms with Gasteiger partial charge in [0.15, 0.2) is 9.84 Å². The molecule has 1 aliphatic heterocycles. The van der Waals surface area contributed by atoms with Crippen LogP contribution in [0.1, 0.15) is 30.1 Å². The third-order valence-electron chi connectivity index (χ3n) is 4.94. The Morgan fingerprint density at radius 3 is 2.72 bits per heavy atom. The first kappa shape index (κ1) is 20.0. The van der Waals surface area contributed by atoms with E-state index in [0.29, 0.717) is 17.9 Å². The van der Waals surface area contributed by atoms with E-state index < -0.39 is 9.84 Å². The lowest BCUT2D eigenvalue weighted by Crippen LogP contribution is -2.17. The number of carbonyl (C=O) groups is 1. The van der Waals surface area contributed by atoms with E-state index in [1.54, 1.807) is 6.07 Å². The maximum absolute atomic E-state index is 13.1. The summed E-state index contributed by atoms with van der Waals surface area (Å²) >= 11 is 1.47. The van der Waals surface area contributed by atoms with Crippen molar-refractivity contribution in [2.45, 2.75) is 36.5 Å². The van der Waals surface area contributed by atoms with Gasteiger partial charge in [-0.25, -0.2) is 13.4 Å². The number of aryl methyl sites for hydroxylation is 1. The topological polar surface area (TPSA) is 81.1 Å². The quantitative estimate of drug-likeness (QED) is 0.641. The molecule has 1 saturated heterocycles. The monoisotopic (exact) mass is 429 g/mol. The highest BCUT2D eigenvalue weighted by molar-refractivity contribution is 8.02. The molecule has 0 bridgehead atoms. The summed E-state index contributed by atoms with van der Waals surface area (Å²) in [6.45, 7) is 2.84. The van der Waals surface area contributed by atoms with Crippen LogP contribution in [0.3, 0.4) is 0 Å². The molecule has 152 valence electrons. The van der Waals surface area contributed by atoms with Crippen molar-refractivity contribution in [2.24, 2.45) is 0 Å². The van der Waals surface area contributed by atoms with Crippen LogP contribution in [-0.2, 0) is 16.4 Å². The van der Waals surface area contributed by atoms with Crippen LogP contribution < -0.4 is 5.32 Å². The third-order valence-corrected chi connectivity index (χ3v) is 8.27. The van der Waals surface area contributed by atoms with Gasteiger partial charge < -0.3 is 4.57 Å². The van der Waals surface area contributed by atoms with E-state index in [4.69, 9.17) is 0 Å². The Labute approximate surface area is 174 Å². The van der Waals surface area contributed by atoms with Crippen LogP contribution in [0.5, 0.6) is 0 Å². The van der Waals surface area contributed by atoms with Crippen LogP contribution in [0, 0.1) is 0 Å². The highest BCUT2D eigenvalue weighted by Crippen LogP contribution is 2.33. The van der Waals surface area contributed by atoms with Crippen molar-refractivity contribution >= 4 is 44.5 Å². The van der Waals surface area contributed by atoms with Gasteiger partial charge in [0, 0.05) is 16.7 Å². The molecule has 1 amide bonds. The van der Waals surface area contributed by atoms with Gasteiger partial charge >= 0.3 is 0 Å². The standard InChI is InChI=1S/C21H23N3O3S2/c1-2-12-24-18-9-5-4-8-17(18)22-21(24)23-20(25)16-7-3-6-10-19(16)28-15-11-13-29(26,27)14-15/h3-10,15H,2,11-14H2,1H3,(H,22,23,25). The average Bonchev–Trinajstić information content (AvgIpc) is 3.22. The molecule has 1 fully saturated rings. The van der Waals surface area contributed by atoms with Crippen molar-refractivity contribution in [1.29, 1.82) is 0 Å². The van der Waals surface area contributed by atoms with E-state index >= 15 is 0 Å². The summed E-state index contributed by atoms with van der Waals surface area (Å²) in [5.74, 6) is 0.683. The van der Waals surface area contributed by atoms with Crippen molar-refractivity contribution in [1.82, 2.24) is 9.55 Å². The SMILES string of the molecule is CCCn1c(NC(=O)c2ccccc2SC2CCS(=O)(=O)C2)nc2ccccc21. The van der Waals surface area contributed by atoms with Crippen LogP contribution >= 0.6 is 11.8 Å². The molecular weight excluding hydrogens is 406 g/mol. The predicted molar refractivity (Wildman–Crippen MR) is 117 cm³/mol. The van der Waals surface area contributed by atoms with Crippen LogP contribution in [0.2, 0.25) is 0 Å². The van der Waals surface area contributed by atoms with Gasteiger partial charge in [0.1, 0.15) is 0 Å². The van der Waals surface area contributed by atoms with E-state index in [0.717, 1.165) is 28.9 Å². The smallest absolute Gasteiger partial charge is 0.259 e. The lowest BCUT2D eigenvalue weighted by molar-refractivity contribution is 0.102. The normalized spacial score (nSPS) is 18.2. The van der Waals surface area contributed by atoms with Crippen molar-refractivity contribution in [3.63, 3.8) is 0 Å². The molecule has 4 rings (SSSR count). The Morgan fingerprint density at radius 2 is 1.97 bits per heavy atom. The maximum Gasteiger partial charge on any atom is 0.259 e. The minimum Gasteiger partial charge on any atom is -0.310 e. The fraction of sp³-hybridized carbons (Fsp3) is 0.333. The number of rotatable bonds is 6. The molecule has 1 unspecified atom stereocenters. The molecule has 1 aliphatic rings. The number of thioether (sulfide) groups is 1. The summed E-state index contributed by atoms with van der Waals surface area (Å²) in [4.78, 5) is 18.5. The van der Waals surface area contributed by atoms with Gasteiger partial charge in [0.25, 0.3) is 5.91 Å². The number of para-hydroxylation sites is 2. The zero-order chi connectivity index (χ0) is 20.4. The molecule has 1 atom stereocenters. The largest absolute Gasteiger partial charge is 0.310 e. The van der Waals surface area contributed by atoms with Crippen molar-refractivity contribution in [2.75, 3.05) is 16.8 Å². The Balaban J connectivity index is 1.60. The summed E-state index contributed by atoms with van der Waals surface area (Å²) in [5, 5.41) is 2.95. The molecular formula is C21H23N3O3S2. The molecule has 0 aliphatic carbocycles. The predicted octanol–water partition coefficient (Wildman–Crippen LogP) is 3.98. The highest BCUT2D eigenvalue weighted by Gasteiger charge is 2.29. The first-order chi connectivity index (χ1) is 14.0. The molecule has 8 heteroatoms. The second-order valence-electron chi connectivity index (χ2n) is 7.17. The van der Waals surface area contributed by atoms with Crippen LogP contribution in [0.25, 0.3) is 11.0 Å². The first-order valence-corrected chi connectivity index (χ1v) is 12.4. The molecule has 1 aromatic heterocycles. The van der Waals surface area contributed by atoms with Gasteiger partial charge in [-0.2, -0.15) is 0 Å². The second-order valence-corrected chi connectivity index (χ2v) is 10.7. The fourth-order valence-electron chi connectivity index (χ4n) is 3.58. The molecule has 3 aromatic rings. The Bertz CT molecular complexity index is 1150. The fourth-order valence-corrected chi connectivity index (χ4v) is 7.21. The van der Waals surface area contributed by atoms with Gasteiger partial charge in [0.05, 0.1) is 28.1 Å². The average molecular weight is 430 g/mol. The lowest BCUT2D eigenvalue weighted by Gasteiger charge is -2.13. The van der Waals surface area contributed by atoms with Gasteiger partial charge in [-0.1, -0.05) is 31.2 Å². The number of anilines is 1. The number of nitrogens with one attached hydrogen (secondary N) is 1. The summed E-state index contributed by atoms with van der Waals surface area (Å²) in [6.07, 6.45) is 1.54. The Morgan fingerprint density at radius 1 is 1.21 bits per heavy atom. The molecule has 6 nitrogen and oxygen atoms in total. The second kappa shape index (κ2) is 8.20. The summed E-state index contributed by atoms with van der Waals surface area (Å²) < 4.78 is 25.6. The van der Waals surface area contributed by atoms with Crippen molar-refractivity contribution in [3.8, 4) is 0 Å². The molecule has 2 heterocycles. The van der Waals surface area contributed by atoms with Crippen molar-refractivity contribution in [3.05, 3.63) is 54.1 Å². The number of nitrogens with zero attached hydrogens (tertiary/aromatic N) is 2. The van der Waals surface area contributed by atoms with E-state index in [9.17, 15) is 13.2 Å². The van der Waals surface area contributed by atoms with Crippen LogP contribution in [-0.4, -0.2) is 40.6 Å². The zero-order valence-electron chi connectivity index (χ0n) is 16.2. The van der Waals surface area contributed by atoms with Gasteiger partial charge in [0.2, 0.25) is 5.95 Å². The Hall–Kier alpha value is -2.32. The molecule has 29 heavy (non-hydrogen) atoms. The first-order valence-electron chi connectivity index (χ1n) is 9.69. The van der Waals surface area contributed by atoms with E-state index in [-0.39, 0.29) is 22.7 Å². The van der Waals surface area contributed by atoms with Crippen LogP contribution in [0.15, 0.2) is 53.4 Å². The maximum atomic E-state index is 13.1. The Kier molecular flexibility index (Phi) is 5.65. The molecule has 0 spiro atoms. The minimum atomic E-state index is -2.96. The summed E-state index contributed by atoms with van der Waals surface area (Å²) in [5.41, 5.74) is 2.37. The molecule has 2 aromatic carbocycles. The summed E-state index contributed by atoms with van der Waals surface area (Å²) in [6, 6.07) is 15.2. The van der Waals surface area contributed by atoms with Gasteiger partial charge in [-0.15, -0.1) is 11.8 Å². The highest BCUT2D eigenvalue weighted by atomic mass is 32.2. The number of hydrogen-bond acceptors (Lipinski definition) is 5. The number of sulfone groups is 1. The van der Waals surface area contributed by atoms with E-state index in [1.165, 1.54) is 11.8 Å². The third kappa shape index (κ3) is 4.33. The van der Waals surface area contributed by atoms with Crippen molar-refractivity contribution < 1.29 is 13.2 Å².